The third-order valence-corrected chi connectivity index (χ3v) is 5.23. The van der Waals surface area contributed by atoms with Gasteiger partial charge in [-0.25, -0.2) is 4.79 Å². The standard InChI is InChI=1S/C17H26BN3O3/c1-16(2)17(3,4)24-18(23-16)14-10-9-13(11-19-14)21-15(22)20-12-7-5-6-8-12/h9-12H,5-8H2,1-4H3,(H2,20,21,22). The summed E-state index contributed by atoms with van der Waals surface area (Å²) in [5.74, 6) is 0. The Morgan fingerprint density at radius 3 is 2.33 bits per heavy atom. The van der Waals surface area contributed by atoms with E-state index in [0.717, 1.165) is 12.8 Å². The Morgan fingerprint density at radius 2 is 1.79 bits per heavy atom. The number of carbonyl (C=O) groups is 1. The van der Waals surface area contributed by atoms with Crippen molar-refractivity contribution in [2.45, 2.75) is 70.6 Å². The summed E-state index contributed by atoms with van der Waals surface area (Å²) in [6.45, 7) is 8.04. The number of pyridine rings is 1. The fourth-order valence-electron chi connectivity index (χ4n) is 3.01. The van der Waals surface area contributed by atoms with Gasteiger partial charge in [-0.15, -0.1) is 0 Å². The molecule has 6 nitrogen and oxygen atoms in total. The Kier molecular flexibility index (Phi) is 4.57. The van der Waals surface area contributed by atoms with Gasteiger partial charge in [-0.3, -0.25) is 4.98 Å². The highest BCUT2D eigenvalue weighted by Crippen LogP contribution is 2.36. The van der Waals surface area contributed by atoms with E-state index in [1.165, 1.54) is 12.8 Å². The van der Waals surface area contributed by atoms with Crippen molar-refractivity contribution in [3.8, 4) is 0 Å². The molecule has 2 fully saturated rings. The molecule has 0 bridgehead atoms. The number of nitrogens with one attached hydrogen (secondary N) is 2. The van der Waals surface area contributed by atoms with E-state index in [1.807, 2.05) is 39.8 Å². The van der Waals surface area contributed by atoms with Crippen LogP contribution in [0.2, 0.25) is 0 Å². The number of amides is 2. The van der Waals surface area contributed by atoms with Gasteiger partial charge in [-0.1, -0.05) is 12.8 Å². The van der Waals surface area contributed by atoms with Gasteiger partial charge in [-0.05, 0) is 52.7 Å². The number of rotatable bonds is 3. The molecule has 7 heteroatoms. The van der Waals surface area contributed by atoms with Gasteiger partial charge < -0.3 is 19.9 Å². The average molecular weight is 331 g/mol. The summed E-state index contributed by atoms with van der Waals surface area (Å²) in [5.41, 5.74) is 0.579. The van der Waals surface area contributed by atoms with E-state index < -0.39 is 18.3 Å². The molecular weight excluding hydrogens is 305 g/mol. The summed E-state index contributed by atoms with van der Waals surface area (Å²) >= 11 is 0. The van der Waals surface area contributed by atoms with Crippen molar-refractivity contribution in [2.24, 2.45) is 0 Å². The lowest BCUT2D eigenvalue weighted by molar-refractivity contribution is 0.00578. The Bertz CT molecular complexity index is 582. The smallest absolute Gasteiger partial charge is 0.398 e. The zero-order valence-electron chi connectivity index (χ0n) is 14.9. The maximum atomic E-state index is 12.0. The fraction of sp³-hybridized carbons (Fsp3) is 0.647. The highest BCUT2D eigenvalue weighted by atomic mass is 16.7. The minimum atomic E-state index is -0.489. The Balaban J connectivity index is 1.58. The lowest BCUT2D eigenvalue weighted by atomic mass is 9.84. The molecule has 0 radical (unpaired) electrons. The Morgan fingerprint density at radius 1 is 1.17 bits per heavy atom. The molecule has 1 saturated heterocycles. The molecule has 1 aliphatic heterocycles. The van der Waals surface area contributed by atoms with Crippen molar-refractivity contribution in [3.63, 3.8) is 0 Å². The molecule has 2 amide bonds. The third kappa shape index (κ3) is 3.57. The van der Waals surface area contributed by atoms with Crippen LogP contribution in [0, 0.1) is 0 Å². The quantitative estimate of drug-likeness (QED) is 0.835. The SMILES string of the molecule is CC1(C)OB(c2ccc(NC(=O)NC3CCCC3)cn2)OC1(C)C. The van der Waals surface area contributed by atoms with Crippen molar-refractivity contribution in [1.82, 2.24) is 10.3 Å². The van der Waals surface area contributed by atoms with E-state index in [9.17, 15) is 4.79 Å². The lowest BCUT2D eigenvalue weighted by Crippen LogP contribution is -2.41. The molecule has 2 aliphatic rings. The van der Waals surface area contributed by atoms with E-state index in [0.29, 0.717) is 17.3 Å². The van der Waals surface area contributed by atoms with Crippen LogP contribution in [0.1, 0.15) is 53.4 Å². The van der Waals surface area contributed by atoms with Gasteiger partial charge >= 0.3 is 13.1 Å². The monoisotopic (exact) mass is 331 g/mol. The van der Waals surface area contributed by atoms with Crippen LogP contribution < -0.4 is 16.2 Å². The van der Waals surface area contributed by atoms with Crippen LogP contribution in [0.5, 0.6) is 0 Å². The normalized spacial score (nSPS) is 22.6. The van der Waals surface area contributed by atoms with Crippen molar-refractivity contribution in [1.29, 1.82) is 0 Å². The first-order valence-corrected chi connectivity index (χ1v) is 8.66. The van der Waals surface area contributed by atoms with Gasteiger partial charge in [0.15, 0.2) is 0 Å². The number of urea groups is 1. The molecule has 130 valence electrons. The maximum absolute atomic E-state index is 12.0. The summed E-state index contributed by atoms with van der Waals surface area (Å²) in [6, 6.07) is 3.77. The maximum Gasteiger partial charge on any atom is 0.514 e. The second-order valence-electron chi connectivity index (χ2n) is 7.64. The number of anilines is 1. The second kappa shape index (κ2) is 6.37. The van der Waals surface area contributed by atoms with Crippen LogP contribution >= 0.6 is 0 Å². The number of hydrogen-bond donors (Lipinski definition) is 2. The molecule has 1 aliphatic carbocycles. The number of aromatic nitrogens is 1. The highest BCUT2D eigenvalue weighted by Gasteiger charge is 2.52. The van der Waals surface area contributed by atoms with E-state index in [2.05, 4.69) is 15.6 Å². The first-order chi connectivity index (χ1) is 11.3. The molecule has 1 aromatic heterocycles. The second-order valence-corrected chi connectivity index (χ2v) is 7.64. The largest absolute Gasteiger partial charge is 0.514 e. The Labute approximate surface area is 143 Å². The summed E-state index contributed by atoms with van der Waals surface area (Å²) < 4.78 is 12.0. The van der Waals surface area contributed by atoms with Crippen LogP contribution in [0.4, 0.5) is 10.5 Å². The van der Waals surface area contributed by atoms with Gasteiger partial charge in [0.05, 0.1) is 22.5 Å². The predicted molar refractivity (Wildman–Crippen MR) is 94.4 cm³/mol. The molecule has 1 aromatic rings. The molecule has 2 heterocycles. The van der Waals surface area contributed by atoms with Crippen molar-refractivity contribution in [2.75, 3.05) is 5.32 Å². The van der Waals surface area contributed by atoms with Crippen LogP contribution in [0.3, 0.4) is 0 Å². The molecule has 0 atom stereocenters. The molecule has 2 N–H and O–H groups in total. The number of carbonyl (C=O) groups excluding carboxylic acids is 1. The predicted octanol–water partition coefficient (Wildman–Crippen LogP) is 2.44. The van der Waals surface area contributed by atoms with E-state index >= 15 is 0 Å². The first kappa shape index (κ1) is 17.2. The molecule has 0 aromatic carbocycles. The van der Waals surface area contributed by atoms with Gasteiger partial charge in [-0.2, -0.15) is 0 Å². The Hall–Kier alpha value is -1.60. The molecular formula is C17H26BN3O3. The van der Waals surface area contributed by atoms with Crippen LogP contribution in [0.15, 0.2) is 18.3 Å². The van der Waals surface area contributed by atoms with Gasteiger partial charge in [0, 0.05) is 12.2 Å². The minimum absolute atomic E-state index is 0.174. The van der Waals surface area contributed by atoms with Crippen molar-refractivity contribution < 1.29 is 14.1 Å². The zero-order valence-corrected chi connectivity index (χ0v) is 14.9. The minimum Gasteiger partial charge on any atom is -0.398 e. The fourth-order valence-corrected chi connectivity index (χ4v) is 3.01. The van der Waals surface area contributed by atoms with Crippen molar-refractivity contribution in [3.05, 3.63) is 18.3 Å². The van der Waals surface area contributed by atoms with E-state index in [1.54, 1.807) is 6.20 Å². The van der Waals surface area contributed by atoms with E-state index in [-0.39, 0.29) is 6.03 Å². The van der Waals surface area contributed by atoms with Crippen LogP contribution in [-0.2, 0) is 9.31 Å². The van der Waals surface area contributed by atoms with Crippen LogP contribution in [-0.4, -0.2) is 35.4 Å². The van der Waals surface area contributed by atoms with E-state index in [4.69, 9.17) is 9.31 Å². The first-order valence-electron chi connectivity index (χ1n) is 8.66. The summed E-state index contributed by atoms with van der Waals surface area (Å²) in [5, 5.41) is 5.82. The summed E-state index contributed by atoms with van der Waals surface area (Å²) in [6.07, 6.45) is 6.14. The molecule has 0 unspecified atom stereocenters. The lowest BCUT2D eigenvalue weighted by Gasteiger charge is -2.32. The summed E-state index contributed by atoms with van der Waals surface area (Å²) in [4.78, 5) is 16.4. The molecule has 3 rings (SSSR count). The average Bonchev–Trinajstić information content (AvgIpc) is 3.06. The van der Waals surface area contributed by atoms with Crippen LogP contribution in [0.25, 0.3) is 0 Å². The molecule has 24 heavy (non-hydrogen) atoms. The zero-order chi connectivity index (χ0) is 17.4. The third-order valence-electron chi connectivity index (χ3n) is 5.23. The van der Waals surface area contributed by atoms with Crippen molar-refractivity contribution >= 4 is 24.4 Å². The van der Waals surface area contributed by atoms with Gasteiger partial charge in [0.2, 0.25) is 0 Å². The molecule has 1 saturated carbocycles. The topological polar surface area (TPSA) is 72.5 Å². The number of hydrogen-bond acceptors (Lipinski definition) is 4. The summed E-state index contributed by atoms with van der Waals surface area (Å²) in [7, 11) is -0.489. The van der Waals surface area contributed by atoms with Gasteiger partial charge in [0.1, 0.15) is 0 Å². The molecule has 0 spiro atoms. The number of nitrogens with zero attached hydrogens (tertiary/aromatic N) is 1. The van der Waals surface area contributed by atoms with Gasteiger partial charge in [0.25, 0.3) is 0 Å². The highest BCUT2D eigenvalue weighted by molar-refractivity contribution is 6.61.